The summed E-state index contributed by atoms with van der Waals surface area (Å²) in [6, 6.07) is 16.5. The molecule has 0 unspecified atom stereocenters. The van der Waals surface area contributed by atoms with E-state index in [0.717, 1.165) is 16.4 Å². The maximum absolute atomic E-state index is 6.03. The predicted octanol–water partition coefficient (Wildman–Crippen LogP) is 6.13. The van der Waals surface area contributed by atoms with E-state index >= 15 is 0 Å². The molecule has 2 aromatic heterocycles. The number of halogens is 1. The maximum Gasteiger partial charge on any atom is 0.105 e. The molecule has 24 heavy (non-hydrogen) atoms. The fourth-order valence-electron chi connectivity index (χ4n) is 2.64. The van der Waals surface area contributed by atoms with E-state index in [1.807, 2.05) is 24.3 Å². The Labute approximate surface area is 154 Å². The molecule has 0 radical (unpaired) electrons. The molecule has 1 aliphatic rings. The van der Waals surface area contributed by atoms with Crippen LogP contribution >= 0.6 is 34.3 Å². The molecular formula is C19H15ClN2S2. The number of benzene rings is 1. The van der Waals surface area contributed by atoms with Gasteiger partial charge in [0.25, 0.3) is 0 Å². The van der Waals surface area contributed by atoms with Gasteiger partial charge in [-0.1, -0.05) is 23.7 Å². The molecule has 1 atom stereocenters. The number of thiophene rings is 2. The smallest absolute Gasteiger partial charge is 0.105 e. The molecule has 0 amide bonds. The number of hydrogen-bond acceptors (Lipinski definition) is 4. The van der Waals surface area contributed by atoms with Gasteiger partial charge in [0.2, 0.25) is 0 Å². The van der Waals surface area contributed by atoms with Crippen molar-refractivity contribution in [1.82, 2.24) is 5.43 Å². The lowest BCUT2D eigenvalue weighted by Crippen LogP contribution is -2.33. The second-order valence-electron chi connectivity index (χ2n) is 5.39. The number of anilines is 1. The van der Waals surface area contributed by atoms with Gasteiger partial charge in [-0.2, -0.15) is 0 Å². The minimum Gasteiger partial charge on any atom is -0.298 e. The van der Waals surface area contributed by atoms with Gasteiger partial charge in [0.1, 0.15) is 6.04 Å². The molecule has 1 N–H and O–H groups in total. The molecule has 0 spiro atoms. The zero-order valence-electron chi connectivity index (χ0n) is 12.7. The molecule has 3 heterocycles. The summed E-state index contributed by atoms with van der Waals surface area (Å²) in [6.45, 7) is 0. The summed E-state index contributed by atoms with van der Waals surface area (Å²) in [4.78, 5) is 2.55. The second kappa shape index (κ2) is 6.85. The fraction of sp³-hybridized carbons (Fsp3) is 0.0526. The Morgan fingerprint density at radius 1 is 0.958 bits per heavy atom. The van der Waals surface area contributed by atoms with Crippen molar-refractivity contribution in [2.45, 2.75) is 6.04 Å². The Morgan fingerprint density at radius 3 is 2.46 bits per heavy atom. The highest BCUT2D eigenvalue weighted by Gasteiger charge is 2.26. The van der Waals surface area contributed by atoms with Crippen LogP contribution in [0.1, 0.15) is 15.8 Å². The summed E-state index contributed by atoms with van der Waals surface area (Å²) in [6.07, 6.45) is 6.52. The molecular weight excluding hydrogens is 356 g/mol. The number of allylic oxidation sites excluding steroid dienone is 1. The highest BCUT2D eigenvalue weighted by Crippen LogP contribution is 2.35. The third-order valence-corrected chi connectivity index (χ3v) is 5.81. The van der Waals surface area contributed by atoms with E-state index in [1.54, 1.807) is 22.7 Å². The van der Waals surface area contributed by atoms with Crippen LogP contribution in [-0.2, 0) is 0 Å². The average molecular weight is 371 g/mol. The van der Waals surface area contributed by atoms with Crippen LogP contribution in [0.4, 0.5) is 5.69 Å². The quantitative estimate of drug-likeness (QED) is 0.594. The van der Waals surface area contributed by atoms with E-state index in [1.165, 1.54) is 9.75 Å². The SMILES string of the molecule is Clc1ccc(N2NC(/C=C/c3cccs3)=C[C@H]2c2cccs2)cc1. The van der Waals surface area contributed by atoms with Crippen LogP contribution in [-0.4, -0.2) is 0 Å². The van der Waals surface area contributed by atoms with Crippen LogP contribution in [0.3, 0.4) is 0 Å². The third kappa shape index (κ3) is 3.26. The van der Waals surface area contributed by atoms with E-state index < -0.39 is 0 Å². The Kier molecular flexibility index (Phi) is 4.43. The summed E-state index contributed by atoms with van der Waals surface area (Å²) < 4.78 is 0. The Balaban J connectivity index is 1.63. The highest BCUT2D eigenvalue weighted by atomic mass is 35.5. The van der Waals surface area contributed by atoms with E-state index in [0.29, 0.717) is 0 Å². The first-order chi connectivity index (χ1) is 11.8. The lowest BCUT2D eigenvalue weighted by atomic mass is 10.2. The van der Waals surface area contributed by atoms with Gasteiger partial charge in [-0.25, -0.2) is 0 Å². The van der Waals surface area contributed by atoms with Crippen LogP contribution in [0, 0.1) is 0 Å². The predicted molar refractivity (Wildman–Crippen MR) is 106 cm³/mol. The van der Waals surface area contributed by atoms with Gasteiger partial charge in [-0.05, 0) is 65.4 Å². The van der Waals surface area contributed by atoms with Crippen LogP contribution < -0.4 is 10.4 Å². The van der Waals surface area contributed by atoms with Crippen LogP contribution in [0.2, 0.25) is 5.02 Å². The first kappa shape index (κ1) is 15.5. The highest BCUT2D eigenvalue weighted by molar-refractivity contribution is 7.10. The van der Waals surface area contributed by atoms with Crippen molar-refractivity contribution in [2.75, 3.05) is 5.01 Å². The number of hydrogen-bond donors (Lipinski definition) is 1. The topological polar surface area (TPSA) is 15.3 Å². The van der Waals surface area contributed by atoms with Gasteiger partial charge >= 0.3 is 0 Å². The molecule has 0 aliphatic carbocycles. The molecule has 4 rings (SSSR count). The number of hydrazine groups is 1. The number of nitrogens with zero attached hydrogens (tertiary/aromatic N) is 1. The van der Waals surface area contributed by atoms with Crippen LogP contribution in [0.15, 0.2) is 77.1 Å². The van der Waals surface area contributed by atoms with Crippen molar-refractivity contribution in [3.63, 3.8) is 0 Å². The second-order valence-corrected chi connectivity index (χ2v) is 7.78. The van der Waals surface area contributed by atoms with Crippen LogP contribution in [0.25, 0.3) is 6.08 Å². The van der Waals surface area contributed by atoms with E-state index in [-0.39, 0.29) is 6.04 Å². The molecule has 1 aliphatic heterocycles. The molecule has 120 valence electrons. The van der Waals surface area contributed by atoms with Crippen molar-refractivity contribution in [3.8, 4) is 0 Å². The summed E-state index contributed by atoms with van der Waals surface area (Å²) in [5.41, 5.74) is 5.69. The molecule has 1 aromatic carbocycles. The zero-order valence-corrected chi connectivity index (χ0v) is 15.1. The molecule has 5 heteroatoms. The van der Waals surface area contributed by atoms with Gasteiger partial charge < -0.3 is 0 Å². The molecule has 2 nitrogen and oxygen atoms in total. The van der Waals surface area contributed by atoms with Gasteiger partial charge in [0.05, 0.1) is 11.4 Å². The zero-order chi connectivity index (χ0) is 16.4. The van der Waals surface area contributed by atoms with Crippen LogP contribution in [0.5, 0.6) is 0 Å². The lowest BCUT2D eigenvalue weighted by Gasteiger charge is -2.26. The summed E-state index contributed by atoms with van der Waals surface area (Å²) in [7, 11) is 0. The molecule has 0 saturated heterocycles. The maximum atomic E-state index is 6.03. The van der Waals surface area contributed by atoms with E-state index in [4.69, 9.17) is 11.6 Å². The Bertz CT molecular complexity index is 849. The average Bonchev–Trinajstić information content (AvgIpc) is 3.34. The van der Waals surface area contributed by atoms with Crippen molar-refractivity contribution in [1.29, 1.82) is 0 Å². The first-order valence-corrected chi connectivity index (χ1v) is 9.71. The van der Waals surface area contributed by atoms with Crippen molar-refractivity contribution < 1.29 is 0 Å². The lowest BCUT2D eigenvalue weighted by molar-refractivity contribution is 0.718. The molecule has 0 fully saturated rings. The van der Waals surface area contributed by atoms with Crippen molar-refractivity contribution in [2.24, 2.45) is 0 Å². The summed E-state index contributed by atoms with van der Waals surface area (Å²) in [5, 5.41) is 7.13. The van der Waals surface area contributed by atoms with Gasteiger partial charge in [-0.15, -0.1) is 22.7 Å². The van der Waals surface area contributed by atoms with Crippen molar-refractivity contribution in [3.05, 3.63) is 91.9 Å². The summed E-state index contributed by atoms with van der Waals surface area (Å²) in [5.74, 6) is 0. The summed E-state index contributed by atoms with van der Waals surface area (Å²) >= 11 is 9.53. The number of nitrogens with one attached hydrogen (secondary N) is 1. The van der Waals surface area contributed by atoms with Gasteiger partial charge in [0.15, 0.2) is 0 Å². The number of rotatable bonds is 4. The molecule has 0 saturated carbocycles. The normalized spacial score (nSPS) is 17.3. The van der Waals surface area contributed by atoms with Gasteiger partial charge in [0, 0.05) is 14.8 Å². The third-order valence-electron chi connectivity index (χ3n) is 3.77. The Morgan fingerprint density at radius 2 is 1.75 bits per heavy atom. The minimum absolute atomic E-state index is 0.175. The van der Waals surface area contributed by atoms with E-state index in [9.17, 15) is 0 Å². The monoisotopic (exact) mass is 370 g/mol. The van der Waals surface area contributed by atoms with Crippen molar-refractivity contribution >= 4 is 46.0 Å². The van der Waals surface area contributed by atoms with E-state index in [2.05, 4.69) is 63.7 Å². The largest absolute Gasteiger partial charge is 0.298 e. The van der Waals surface area contributed by atoms with Gasteiger partial charge in [-0.3, -0.25) is 10.4 Å². The Hall–Kier alpha value is -2.01. The first-order valence-electron chi connectivity index (χ1n) is 7.58. The molecule has 0 bridgehead atoms. The standard InChI is InChI=1S/C19H15ClN2S2/c20-14-5-8-16(9-6-14)22-18(19-4-2-12-24-19)13-15(21-22)7-10-17-3-1-11-23-17/h1-13,18,21H/b10-7+/t18-/m0/s1. The fourth-order valence-corrected chi connectivity index (χ4v) is 4.17. The molecule has 3 aromatic rings. The minimum atomic E-state index is 0.175.